The zero-order valence-corrected chi connectivity index (χ0v) is 11.1. The van der Waals surface area contributed by atoms with Crippen LogP contribution < -0.4 is 5.32 Å². The van der Waals surface area contributed by atoms with Gasteiger partial charge in [0.1, 0.15) is 34.1 Å². The van der Waals surface area contributed by atoms with E-state index in [4.69, 9.17) is 9.52 Å². The Morgan fingerprint density at radius 1 is 1.24 bits per heavy atom. The van der Waals surface area contributed by atoms with Gasteiger partial charge in [-0.05, 0) is 25.1 Å². The van der Waals surface area contributed by atoms with Crippen LogP contribution in [0, 0.1) is 6.92 Å². The maximum absolute atomic E-state index is 11.9. The first-order valence-corrected chi connectivity index (χ1v) is 6.02. The summed E-state index contributed by atoms with van der Waals surface area (Å²) in [6, 6.07) is 5.25. The number of phenols is 2. The average Bonchev–Trinajstić information content (AvgIpc) is 2.77. The lowest BCUT2D eigenvalue weighted by Crippen LogP contribution is -2.22. The van der Waals surface area contributed by atoms with Crippen molar-refractivity contribution in [3.63, 3.8) is 0 Å². The normalized spacial score (nSPS) is 10.3. The molecule has 0 fully saturated rings. The minimum absolute atomic E-state index is 0.0182. The second-order valence-electron chi connectivity index (χ2n) is 4.34. The maximum Gasteiger partial charge on any atom is 0.339 e. The number of aryl methyl sites for hydroxylation is 1. The molecular formula is C14H13NO6. The summed E-state index contributed by atoms with van der Waals surface area (Å²) in [5, 5.41) is 30.4. The predicted molar refractivity (Wildman–Crippen MR) is 71.3 cm³/mol. The van der Waals surface area contributed by atoms with Gasteiger partial charge in [-0.2, -0.15) is 0 Å². The van der Waals surface area contributed by atoms with Crippen molar-refractivity contribution in [2.45, 2.75) is 13.5 Å². The van der Waals surface area contributed by atoms with Crippen LogP contribution in [0.25, 0.3) is 0 Å². The Labute approximate surface area is 119 Å². The number of aromatic carboxylic acids is 1. The van der Waals surface area contributed by atoms with E-state index in [0.29, 0.717) is 0 Å². The van der Waals surface area contributed by atoms with E-state index in [1.54, 1.807) is 0 Å². The SMILES string of the molecule is Cc1oc(CNC(=O)c2c(O)cccc2O)cc1C(=O)O. The number of amides is 1. The van der Waals surface area contributed by atoms with E-state index >= 15 is 0 Å². The van der Waals surface area contributed by atoms with Crippen molar-refractivity contribution in [2.24, 2.45) is 0 Å². The van der Waals surface area contributed by atoms with E-state index in [1.807, 2.05) is 0 Å². The number of carboxylic acids is 1. The Bertz CT molecular complexity index is 683. The number of furan rings is 1. The Morgan fingerprint density at radius 2 is 1.86 bits per heavy atom. The summed E-state index contributed by atoms with van der Waals surface area (Å²) in [7, 11) is 0. The molecule has 1 aromatic heterocycles. The van der Waals surface area contributed by atoms with Gasteiger partial charge in [0.15, 0.2) is 0 Å². The molecule has 0 spiro atoms. The third kappa shape index (κ3) is 2.97. The standard InChI is InChI=1S/C14H13NO6/c1-7-9(14(19)20)5-8(21-7)6-15-13(18)12-10(16)3-2-4-11(12)17/h2-5,16-17H,6H2,1H3,(H,15,18)(H,19,20). The molecule has 0 unspecified atom stereocenters. The van der Waals surface area contributed by atoms with E-state index < -0.39 is 11.9 Å². The van der Waals surface area contributed by atoms with Crippen molar-refractivity contribution in [1.29, 1.82) is 0 Å². The summed E-state index contributed by atoms with van der Waals surface area (Å²) in [4.78, 5) is 22.8. The highest BCUT2D eigenvalue weighted by molar-refractivity contribution is 5.99. The first kappa shape index (κ1) is 14.4. The summed E-state index contributed by atoms with van der Waals surface area (Å²) >= 11 is 0. The van der Waals surface area contributed by atoms with Gasteiger partial charge in [0.05, 0.1) is 6.54 Å². The van der Waals surface area contributed by atoms with Crippen LogP contribution in [0.15, 0.2) is 28.7 Å². The number of carboxylic acid groups (broad SMARTS) is 1. The Balaban J connectivity index is 2.11. The van der Waals surface area contributed by atoms with Crippen LogP contribution in [-0.4, -0.2) is 27.2 Å². The van der Waals surface area contributed by atoms with Crippen LogP contribution in [0.3, 0.4) is 0 Å². The van der Waals surface area contributed by atoms with Crippen LogP contribution in [0.2, 0.25) is 0 Å². The summed E-state index contributed by atoms with van der Waals surface area (Å²) < 4.78 is 5.20. The van der Waals surface area contributed by atoms with Gasteiger partial charge >= 0.3 is 5.97 Å². The number of phenolic OH excluding ortho intramolecular Hbond substituents is 2. The predicted octanol–water partition coefficient (Wildman–Crippen LogP) is 1.63. The number of hydrogen-bond donors (Lipinski definition) is 4. The largest absolute Gasteiger partial charge is 0.507 e. The van der Waals surface area contributed by atoms with Crippen LogP contribution in [-0.2, 0) is 6.54 Å². The molecule has 1 amide bonds. The molecule has 0 saturated carbocycles. The molecule has 7 nitrogen and oxygen atoms in total. The van der Waals surface area contributed by atoms with Gasteiger partial charge < -0.3 is 25.1 Å². The maximum atomic E-state index is 11.9. The zero-order chi connectivity index (χ0) is 15.6. The molecular weight excluding hydrogens is 278 g/mol. The van der Waals surface area contributed by atoms with Gasteiger partial charge in [-0.1, -0.05) is 6.07 Å². The Morgan fingerprint density at radius 3 is 2.38 bits per heavy atom. The lowest BCUT2D eigenvalue weighted by molar-refractivity contribution is 0.0694. The van der Waals surface area contributed by atoms with Crippen molar-refractivity contribution in [3.05, 3.63) is 46.9 Å². The highest BCUT2D eigenvalue weighted by Crippen LogP contribution is 2.26. The highest BCUT2D eigenvalue weighted by Gasteiger charge is 2.18. The quantitative estimate of drug-likeness (QED) is 0.679. The second-order valence-corrected chi connectivity index (χ2v) is 4.34. The molecule has 4 N–H and O–H groups in total. The van der Waals surface area contributed by atoms with Crippen LogP contribution >= 0.6 is 0 Å². The summed E-state index contributed by atoms with van der Waals surface area (Å²) in [5.41, 5.74) is -0.233. The summed E-state index contributed by atoms with van der Waals surface area (Å²) in [6.45, 7) is 1.43. The third-order valence-corrected chi connectivity index (χ3v) is 2.87. The van der Waals surface area contributed by atoms with Gasteiger partial charge in [-0.15, -0.1) is 0 Å². The van der Waals surface area contributed by atoms with Crippen LogP contribution in [0.4, 0.5) is 0 Å². The van der Waals surface area contributed by atoms with Crippen LogP contribution in [0.5, 0.6) is 11.5 Å². The minimum Gasteiger partial charge on any atom is -0.507 e. The molecule has 110 valence electrons. The molecule has 0 saturated heterocycles. The fourth-order valence-corrected chi connectivity index (χ4v) is 1.86. The van der Waals surface area contributed by atoms with Crippen molar-refractivity contribution in [2.75, 3.05) is 0 Å². The van der Waals surface area contributed by atoms with E-state index in [2.05, 4.69) is 5.32 Å². The third-order valence-electron chi connectivity index (χ3n) is 2.87. The topological polar surface area (TPSA) is 120 Å². The average molecular weight is 291 g/mol. The molecule has 2 aromatic rings. The van der Waals surface area contributed by atoms with Gasteiger partial charge in [0.25, 0.3) is 5.91 Å². The number of benzene rings is 1. The monoisotopic (exact) mass is 291 g/mol. The molecule has 7 heteroatoms. The van der Waals surface area contributed by atoms with Crippen molar-refractivity contribution in [1.82, 2.24) is 5.32 Å². The molecule has 0 radical (unpaired) electrons. The molecule has 0 aliphatic heterocycles. The highest BCUT2D eigenvalue weighted by atomic mass is 16.4. The van der Waals surface area contributed by atoms with E-state index in [9.17, 15) is 19.8 Å². The van der Waals surface area contributed by atoms with Crippen molar-refractivity contribution < 1.29 is 29.3 Å². The fraction of sp³-hybridized carbons (Fsp3) is 0.143. The molecule has 0 atom stereocenters. The number of carbonyl (C=O) groups is 2. The summed E-state index contributed by atoms with van der Waals surface area (Å²) in [5.74, 6) is -2.03. The lowest BCUT2D eigenvalue weighted by atomic mass is 10.1. The van der Waals surface area contributed by atoms with E-state index in [0.717, 1.165) is 0 Å². The first-order valence-electron chi connectivity index (χ1n) is 6.02. The lowest BCUT2D eigenvalue weighted by Gasteiger charge is -2.07. The number of nitrogens with one attached hydrogen (secondary N) is 1. The minimum atomic E-state index is -1.12. The van der Waals surface area contributed by atoms with Crippen molar-refractivity contribution >= 4 is 11.9 Å². The molecule has 0 bridgehead atoms. The Kier molecular flexibility index (Phi) is 3.84. The molecule has 1 heterocycles. The van der Waals surface area contributed by atoms with Crippen LogP contribution in [0.1, 0.15) is 32.2 Å². The second kappa shape index (κ2) is 5.58. The zero-order valence-electron chi connectivity index (χ0n) is 11.1. The van der Waals surface area contributed by atoms with Crippen molar-refractivity contribution in [3.8, 4) is 11.5 Å². The number of rotatable bonds is 4. The van der Waals surface area contributed by atoms with Gasteiger partial charge in [-0.25, -0.2) is 4.79 Å². The molecule has 0 aliphatic carbocycles. The van der Waals surface area contributed by atoms with Gasteiger partial charge in [-0.3, -0.25) is 4.79 Å². The van der Waals surface area contributed by atoms with E-state index in [1.165, 1.54) is 31.2 Å². The number of hydrogen-bond acceptors (Lipinski definition) is 5. The van der Waals surface area contributed by atoms with Gasteiger partial charge in [0.2, 0.25) is 0 Å². The van der Waals surface area contributed by atoms with Gasteiger partial charge in [0, 0.05) is 0 Å². The fourth-order valence-electron chi connectivity index (χ4n) is 1.86. The number of aromatic hydroxyl groups is 2. The number of carbonyl (C=O) groups excluding carboxylic acids is 1. The first-order chi connectivity index (χ1) is 9.90. The molecule has 2 rings (SSSR count). The Hall–Kier alpha value is -2.96. The smallest absolute Gasteiger partial charge is 0.339 e. The summed E-state index contributed by atoms with van der Waals surface area (Å²) in [6.07, 6.45) is 0. The molecule has 0 aliphatic rings. The molecule has 21 heavy (non-hydrogen) atoms. The van der Waals surface area contributed by atoms with E-state index in [-0.39, 0.29) is 40.7 Å². The molecule has 1 aromatic carbocycles.